The molecule has 1 aromatic heterocycles. The lowest BCUT2D eigenvalue weighted by Gasteiger charge is -2.08. The first-order valence-corrected chi connectivity index (χ1v) is 9.42. The molecule has 1 amide bonds. The van der Waals surface area contributed by atoms with Crippen molar-refractivity contribution in [3.63, 3.8) is 0 Å². The minimum absolute atomic E-state index is 0.0259. The summed E-state index contributed by atoms with van der Waals surface area (Å²) in [4.78, 5) is 12.2. The van der Waals surface area contributed by atoms with Gasteiger partial charge in [-0.25, -0.2) is 0 Å². The van der Waals surface area contributed by atoms with E-state index in [1.165, 1.54) is 5.56 Å². The van der Waals surface area contributed by atoms with Gasteiger partial charge in [-0.15, -0.1) is 0 Å². The van der Waals surface area contributed by atoms with Crippen LogP contribution in [-0.4, -0.2) is 21.9 Å². The Kier molecular flexibility index (Phi) is 5.43. The number of halogens is 1. The van der Waals surface area contributed by atoms with E-state index in [9.17, 15) is 4.79 Å². The number of aromatic nitrogens is 2. The maximum Gasteiger partial charge on any atom is 0.226 e. The minimum atomic E-state index is -0.0259. The van der Waals surface area contributed by atoms with Gasteiger partial charge in [-0.2, -0.15) is 16.9 Å². The van der Waals surface area contributed by atoms with E-state index >= 15 is 0 Å². The Morgan fingerprint density at radius 3 is 2.96 bits per heavy atom. The number of aryl methyl sites for hydroxylation is 1. The van der Waals surface area contributed by atoms with Gasteiger partial charge < -0.3 is 5.32 Å². The Morgan fingerprint density at radius 1 is 1.29 bits per heavy atom. The zero-order chi connectivity index (χ0) is 16.9. The molecule has 3 rings (SSSR count). The second-order valence-corrected chi connectivity index (χ2v) is 6.75. The van der Waals surface area contributed by atoms with Crippen molar-refractivity contribution >= 4 is 45.9 Å². The van der Waals surface area contributed by atoms with Crippen LogP contribution < -0.4 is 5.32 Å². The average molecular weight is 360 g/mol. The van der Waals surface area contributed by atoms with Crippen LogP contribution in [-0.2, 0) is 17.1 Å². The van der Waals surface area contributed by atoms with Gasteiger partial charge in [0, 0.05) is 23.2 Å². The standard InChI is InChI=1S/C18H18ClN3OS/c1-24-12-13-4-2-5-14(10-13)21-18(23)8-9-22-17-7-3-6-16(19)15(17)11-20-22/h2-7,10-11H,8-9,12H2,1H3,(H,21,23). The van der Waals surface area contributed by atoms with Crippen molar-refractivity contribution in [3.05, 3.63) is 59.2 Å². The van der Waals surface area contributed by atoms with Crippen LogP contribution in [0.4, 0.5) is 5.69 Å². The lowest BCUT2D eigenvalue weighted by Crippen LogP contribution is -2.15. The second kappa shape index (κ2) is 7.73. The predicted octanol–water partition coefficient (Wildman–Crippen LogP) is 4.58. The number of nitrogens with one attached hydrogen (secondary N) is 1. The Hall–Kier alpha value is -1.98. The van der Waals surface area contributed by atoms with Crippen LogP contribution in [0.2, 0.25) is 5.02 Å². The molecule has 0 fully saturated rings. The number of rotatable bonds is 6. The van der Waals surface area contributed by atoms with Gasteiger partial charge >= 0.3 is 0 Å². The lowest BCUT2D eigenvalue weighted by molar-refractivity contribution is -0.116. The molecule has 0 spiro atoms. The number of carbonyl (C=O) groups is 1. The van der Waals surface area contributed by atoms with Crippen LogP contribution in [0.15, 0.2) is 48.7 Å². The van der Waals surface area contributed by atoms with Crippen molar-refractivity contribution in [3.8, 4) is 0 Å². The summed E-state index contributed by atoms with van der Waals surface area (Å²) in [6.07, 6.45) is 4.16. The SMILES string of the molecule is CSCc1cccc(NC(=O)CCn2ncc3c(Cl)cccc32)c1. The monoisotopic (exact) mass is 359 g/mol. The van der Waals surface area contributed by atoms with Gasteiger partial charge in [-0.05, 0) is 36.1 Å². The van der Waals surface area contributed by atoms with E-state index in [1.54, 1.807) is 18.0 Å². The largest absolute Gasteiger partial charge is 0.326 e. The fraction of sp³-hybridized carbons (Fsp3) is 0.222. The summed E-state index contributed by atoms with van der Waals surface area (Å²) in [7, 11) is 0. The van der Waals surface area contributed by atoms with Crippen molar-refractivity contribution in [1.82, 2.24) is 9.78 Å². The number of fused-ring (bicyclic) bond motifs is 1. The molecule has 2 aromatic carbocycles. The Labute approximate surface area is 150 Å². The molecule has 6 heteroatoms. The number of nitrogens with zero attached hydrogens (tertiary/aromatic N) is 2. The topological polar surface area (TPSA) is 46.9 Å². The second-order valence-electron chi connectivity index (χ2n) is 5.47. The molecule has 4 nitrogen and oxygen atoms in total. The highest BCUT2D eigenvalue weighted by Crippen LogP contribution is 2.23. The van der Waals surface area contributed by atoms with Crippen molar-refractivity contribution in [2.45, 2.75) is 18.7 Å². The fourth-order valence-electron chi connectivity index (χ4n) is 2.58. The van der Waals surface area contributed by atoms with Crippen LogP contribution in [0.1, 0.15) is 12.0 Å². The molecule has 0 aliphatic rings. The van der Waals surface area contributed by atoms with Crippen LogP contribution >= 0.6 is 23.4 Å². The smallest absolute Gasteiger partial charge is 0.226 e. The quantitative estimate of drug-likeness (QED) is 0.700. The highest BCUT2D eigenvalue weighted by atomic mass is 35.5. The van der Waals surface area contributed by atoms with Crippen molar-refractivity contribution < 1.29 is 4.79 Å². The Morgan fingerprint density at radius 2 is 2.12 bits per heavy atom. The van der Waals surface area contributed by atoms with E-state index in [4.69, 9.17) is 11.6 Å². The van der Waals surface area contributed by atoms with E-state index in [2.05, 4.69) is 22.7 Å². The van der Waals surface area contributed by atoms with Crippen LogP contribution in [0.25, 0.3) is 10.9 Å². The van der Waals surface area contributed by atoms with E-state index in [0.29, 0.717) is 18.0 Å². The van der Waals surface area contributed by atoms with E-state index in [-0.39, 0.29) is 5.91 Å². The molecule has 1 N–H and O–H groups in total. The van der Waals surface area contributed by atoms with Gasteiger partial charge in [0.05, 0.1) is 23.3 Å². The van der Waals surface area contributed by atoms with Gasteiger partial charge in [0.25, 0.3) is 0 Å². The molecule has 0 aliphatic carbocycles. The highest BCUT2D eigenvalue weighted by Gasteiger charge is 2.08. The molecule has 24 heavy (non-hydrogen) atoms. The summed E-state index contributed by atoms with van der Waals surface area (Å²) in [5.74, 6) is 0.908. The molecular weight excluding hydrogens is 342 g/mol. The molecule has 0 radical (unpaired) electrons. The van der Waals surface area contributed by atoms with Crippen LogP contribution in [0, 0.1) is 0 Å². The molecule has 0 saturated carbocycles. The zero-order valence-electron chi connectivity index (χ0n) is 13.3. The maximum absolute atomic E-state index is 12.2. The number of amides is 1. The Bertz CT molecular complexity index is 862. The van der Waals surface area contributed by atoms with Crippen molar-refractivity contribution in [2.24, 2.45) is 0 Å². The van der Waals surface area contributed by atoms with Gasteiger partial charge in [0.2, 0.25) is 5.91 Å². The lowest BCUT2D eigenvalue weighted by atomic mass is 10.2. The van der Waals surface area contributed by atoms with Gasteiger partial charge in [-0.1, -0.05) is 29.8 Å². The number of hydrogen-bond donors (Lipinski definition) is 1. The van der Waals surface area contributed by atoms with Gasteiger partial charge in [0.15, 0.2) is 0 Å². The summed E-state index contributed by atoms with van der Waals surface area (Å²) >= 11 is 7.90. The predicted molar refractivity (Wildman–Crippen MR) is 102 cm³/mol. The molecule has 0 unspecified atom stereocenters. The number of carbonyl (C=O) groups excluding carboxylic acids is 1. The Balaban J connectivity index is 1.63. The molecule has 1 heterocycles. The number of hydrogen-bond acceptors (Lipinski definition) is 3. The first-order chi connectivity index (χ1) is 11.7. The van der Waals surface area contributed by atoms with E-state index in [1.807, 2.05) is 41.1 Å². The number of anilines is 1. The third-order valence-electron chi connectivity index (χ3n) is 3.71. The summed E-state index contributed by atoms with van der Waals surface area (Å²) in [6.45, 7) is 0.514. The first-order valence-electron chi connectivity index (χ1n) is 7.65. The fourth-order valence-corrected chi connectivity index (χ4v) is 3.31. The molecule has 0 saturated heterocycles. The molecule has 124 valence electrons. The summed E-state index contributed by atoms with van der Waals surface area (Å²) in [5, 5.41) is 8.85. The molecule has 3 aromatic rings. The van der Waals surface area contributed by atoms with Crippen molar-refractivity contribution in [2.75, 3.05) is 11.6 Å². The first kappa shape index (κ1) is 16.9. The van der Waals surface area contributed by atoms with E-state index < -0.39 is 0 Å². The number of benzene rings is 2. The highest BCUT2D eigenvalue weighted by molar-refractivity contribution is 7.97. The molecule has 0 atom stereocenters. The van der Waals surface area contributed by atoms with Gasteiger partial charge in [-0.3, -0.25) is 9.48 Å². The summed E-state index contributed by atoms with van der Waals surface area (Å²) in [5.41, 5.74) is 2.98. The minimum Gasteiger partial charge on any atom is -0.326 e. The van der Waals surface area contributed by atoms with Crippen LogP contribution in [0.3, 0.4) is 0 Å². The van der Waals surface area contributed by atoms with Crippen molar-refractivity contribution in [1.29, 1.82) is 0 Å². The van der Waals surface area contributed by atoms with Crippen LogP contribution in [0.5, 0.6) is 0 Å². The third kappa shape index (κ3) is 3.91. The number of thioether (sulfide) groups is 1. The molecule has 0 aliphatic heterocycles. The molecular formula is C18H18ClN3OS. The van der Waals surface area contributed by atoms with Gasteiger partial charge in [0.1, 0.15) is 0 Å². The summed E-state index contributed by atoms with van der Waals surface area (Å²) < 4.78 is 1.81. The maximum atomic E-state index is 12.2. The van der Waals surface area contributed by atoms with E-state index in [0.717, 1.165) is 22.3 Å². The third-order valence-corrected chi connectivity index (χ3v) is 4.66. The summed E-state index contributed by atoms with van der Waals surface area (Å²) in [6, 6.07) is 13.6. The average Bonchev–Trinajstić information content (AvgIpc) is 2.98. The molecule has 0 bridgehead atoms. The normalized spacial score (nSPS) is 10.9. The zero-order valence-corrected chi connectivity index (χ0v) is 14.9.